The molecule has 0 aromatic heterocycles. The van der Waals surface area contributed by atoms with Crippen LogP contribution in [-0.4, -0.2) is 44.1 Å². The van der Waals surface area contributed by atoms with E-state index in [9.17, 15) is 4.79 Å². The summed E-state index contributed by atoms with van der Waals surface area (Å²) in [5.74, 6) is 0.445. The predicted octanol–water partition coefficient (Wildman–Crippen LogP) is 1.39. The number of nitrogens with zero attached hydrogens (tertiary/aromatic N) is 2. The molecule has 0 bridgehead atoms. The van der Waals surface area contributed by atoms with Crippen LogP contribution in [-0.2, 0) is 4.79 Å². The van der Waals surface area contributed by atoms with Gasteiger partial charge in [-0.05, 0) is 58.3 Å². The molecule has 1 atom stereocenters. The monoisotopic (exact) mass is 275 g/mol. The van der Waals surface area contributed by atoms with E-state index in [0.29, 0.717) is 11.3 Å². The highest BCUT2D eigenvalue weighted by molar-refractivity contribution is 5.77. The number of carbonyl (C=O) groups is 1. The Balaban J connectivity index is 2.30. The average molecular weight is 275 g/mol. The van der Waals surface area contributed by atoms with Gasteiger partial charge in [0.25, 0.3) is 5.91 Å². The van der Waals surface area contributed by atoms with Crippen LogP contribution in [0.3, 0.4) is 0 Å². The molecule has 1 unspecified atom stereocenters. The van der Waals surface area contributed by atoms with Crippen molar-refractivity contribution in [2.45, 2.75) is 19.4 Å². The molecule has 20 heavy (non-hydrogen) atoms. The number of hydrogen-bond donors (Lipinski definition) is 1. The zero-order valence-electron chi connectivity index (χ0n) is 12.2. The minimum atomic E-state index is -0.138. The van der Waals surface area contributed by atoms with E-state index in [2.05, 4.69) is 10.2 Å². The van der Waals surface area contributed by atoms with Crippen molar-refractivity contribution < 1.29 is 9.53 Å². The van der Waals surface area contributed by atoms with Gasteiger partial charge < -0.3 is 15.0 Å². The highest BCUT2D eigenvalue weighted by Gasteiger charge is 2.08. The number of nitriles is 1. The van der Waals surface area contributed by atoms with Gasteiger partial charge in [-0.15, -0.1) is 0 Å². The van der Waals surface area contributed by atoms with Gasteiger partial charge in [0.1, 0.15) is 5.75 Å². The van der Waals surface area contributed by atoms with Gasteiger partial charge in [0.15, 0.2) is 6.61 Å². The lowest BCUT2D eigenvalue weighted by Gasteiger charge is -2.16. The third-order valence-corrected chi connectivity index (χ3v) is 2.77. The first-order chi connectivity index (χ1) is 9.51. The zero-order valence-corrected chi connectivity index (χ0v) is 12.2. The van der Waals surface area contributed by atoms with Crippen molar-refractivity contribution in [3.8, 4) is 11.8 Å². The summed E-state index contributed by atoms with van der Waals surface area (Å²) in [6, 6.07) is 8.83. The van der Waals surface area contributed by atoms with Crippen LogP contribution in [0.15, 0.2) is 24.3 Å². The smallest absolute Gasteiger partial charge is 0.258 e. The average Bonchev–Trinajstić information content (AvgIpc) is 2.43. The van der Waals surface area contributed by atoms with E-state index in [-0.39, 0.29) is 18.6 Å². The second-order valence-electron chi connectivity index (χ2n) is 4.99. The second-order valence-corrected chi connectivity index (χ2v) is 4.99. The van der Waals surface area contributed by atoms with E-state index in [1.807, 2.05) is 27.1 Å². The van der Waals surface area contributed by atoms with Crippen molar-refractivity contribution in [2.75, 3.05) is 27.2 Å². The summed E-state index contributed by atoms with van der Waals surface area (Å²) in [6.45, 7) is 2.89. The molecular weight excluding hydrogens is 254 g/mol. The normalized spacial score (nSPS) is 11.8. The highest BCUT2D eigenvalue weighted by Crippen LogP contribution is 2.11. The van der Waals surface area contributed by atoms with Crippen molar-refractivity contribution in [1.29, 1.82) is 5.26 Å². The lowest BCUT2D eigenvalue weighted by atomic mass is 10.2. The molecule has 1 amide bonds. The zero-order chi connectivity index (χ0) is 15.0. The Labute approximate surface area is 120 Å². The van der Waals surface area contributed by atoms with Gasteiger partial charge in [0, 0.05) is 6.04 Å². The van der Waals surface area contributed by atoms with E-state index >= 15 is 0 Å². The summed E-state index contributed by atoms with van der Waals surface area (Å²) >= 11 is 0. The van der Waals surface area contributed by atoms with E-state index in [1.54, 1.807) is 24.3 Å². The molecule has 0 aliphatic rings. The van der Waals surface area contributed by atoms with Crippen LogP contribution in [0.1, 0.15) is 18.9 Å². The van der Waals surface area contributed by atoms with E-state index in [4.69, 9.17) is 10.00 Å². The molecule has 0 aliphatic carbocycles. The Hall–Kier alpha value is -2.06. The number of ether oxygens (including phenoxy) is 1. The summed E-state index contributed by atoms with van der Waals surface area (Å²) in [6.07, 6.45) is 0.898. The van der Waals surface area contributed by atoms with Crippen LogP contribution in [0.25, 0.3) is 0 Å². The summed E-state index contributed by atoms with van der Waals surface area (Å²) < 4.78 is 5.36. The second kappa shape index (κ2) is 8.18. The summed E-state index contributed by atoms with van der Waals surface area (Å²) in [5.41, 5.74) is 0.569. The standard InChI is InChI=1S/C15H21N3O2/c1-12(8-9-18(2)3)17-15(19)11-20-14-6-4-13(10-16)5-7-14/h4-7,12H,8-9,11H2,1-3H3,(H,17,19). The van der Waals surface area contributed by atoms with Crippen LogP contribution in [0.2, 0.25) is 0 Å². The third-order valence-electron chi connectivity index (χ3n) is 2.77. The maximum Gasteiger partial charge on any atom is 0.258 e. The number of carbonyl (C=O) groups excluding carboxylic acids is 1. The molecule has 108 valence electrons. The minimum absolute atomic E-state index is 0.0157. The van der Waals surface area contributed by atoms with Crippen LogP contribution in [0.5, 0.6) is 5.75 Å². The van der Waals surface area contributed by atoms with Gasteiger partial charge in [-0.3, -0.25) is 4.79 Å². The Morgan fingerprint density at radius 2 is 2.05 bits per heavy atom. The maximum atomic E-state index is 11.7. The molecule has 1 rings (SSSR count). The van der Waals surface area contributed by atoms with Crippen LogP contribution in [0, 0.1) is 11.3 Å². The minimum Gasteiger partial charge on any atom is -0.484 e. The predicted molar refractivity (Wildman–Crippen MR) is 77.4 cm³/mol. The Bertz CT molecular complexity index is 463. The Morgan fingerprint density at radius 1 is 1.40 bits per heavy atom. The fourth-order valence-electron chi connectivity index (χ4n) is 1.62. The topological polar surface area (TPSA) is 65.4 Å². The lowest BCUT2D eigenvalue weighted by molar-refractivity contribution is -0.123. The largest absolute Gasteiger partial charge is 0.484 e. The first-order valence-corrected chi connectivity index (χ1v) is 6.58. The Kier molecular flexibility index (Phi) is 6.54. The van der Waals surface area contributed by atoms with E-state index in [1.165, 1.54) is 0 Å². The number of amides is 1. The molecule has 5 heteroatoms. The molecule has 0 heterocycles. The molecule has 0 saturated heterocycles. The van der Waals surface area contributed by atoms with Gasteiger partial charge in [-0.1, -0.05) is 0 Å². The van der Waals surface area contributed by atoms with Gasteiger partial charge in [0.2, 0.25) is 0 Å². The van der Waals surface area contributed by atoms with Crippen molar-refractivity contribution >= 4 is 5.91 Å². The summed E-state index contributed by atoms with van der Waals surface area (Å²) in [4.78, 5) is 13.8. The van der Waals surface area contributed by atoms with Gasteiger partial charge >= 0.3 is 0 Å². The number of rotatable bonds is 7. The molecule has 1 aromatic carbocycles. The molecule has 1 N–H and O–H groups in total. The molecule has 0 spiro atoms. The van der Waals surface area contributed by atoms with Crippen molar-refractivity contribution in [3.05, 3.63) is 29.8 Å². The molecule has 0 radical (unpaired) electrons. The number of hydrogen-bond acceptors (Lipinski definition) is 4. The van der Waals surface area contributed by atoms with Crippen LogP contribution >= 0.6 is 0 Å². The van der Waals surface area contributed by atoms with Crippen molar-refractivity contribution in [3.63, 3.8) is 0 Å². The first kappa shape index (κ1) is 16.0. The first-order valence-electron chi connectivity index (χ1n) is 6.58. The lowest BCUT2D eigenvalue weighted by Crippen LogP contribution is -2.37. The SMILES string of the molecule is CC(CCN(C)C)NC(=O)COc1ccc(C#N)cc1. The number of nitrogens with one attached hydrogen (secondary N) is 1. The molecule has 0 fully saturated rings. The maximum absolute atomic E-state index is 11.7. The number of benzene rings is 1. The Morgan fingerprint density at radius 3 is 2.60 bits per heavy atom. The molecule has 5 nitrogen and oxygen atoms in total. The van der Waals surface area contributed by atoms with Crippen LogP contribution < -0.4 is 10.1 Å². The summed E-state index contributed by atoms with van der Waals surface area (Å²) in [7, 11) is 4.01. The molecule has 1 aromatic rings. The van der Waals surface area contributed by atoms with Gasteiger partial charge in [-0.25, -0.2) is 0 Å². The fraction of sp³-hybridized carbons (Fsp3) is 0.467. The van der Waals surface area contributed by atoms with E-state index in [0.717, 1.165) is 13.0 Å². The van der Waals surface area contributed by atoms with Gasteiger partial charge in [0.05, 0.1) is 11.6 Å². The fourth-order valence-corrected chi connectivity index (χ4v) is 1.62. The third kappa shape index (κ3) is 6.21. The van der Waals surface area contributed by atoms with Crippen LogP contribution in [0.4, 0.5) is 0 Å². The van der Waals surface area contributed by atoms with Gasteiger partial charge in [-0.2, -0.15) is 5.26 Å². The van der Waals surface area contributed by atoms with E-state index < -0.39 is 0 Å². The van der Waals surface area contributed by atoms with Crippen molar-refractivity contribution in [2.24, 2.45) is 0 Å². The highest BCUT2D eigenvalue weighted by atomic mass is 16.5. The molecule has 0 saturated carbocycles. The molecular formula is C15H21N3O2. The molecule has 0 aliphatic heterocycles. The van der Waals surface area contributed by atoms with Crippen molar-refractivity contribution in [1.82, 2.24) is 10.2 Å². The quantitative estimate of drug-likeness (QED) is 0.816. The summed E-state index contributed by atoms with van der Waals surface area (Å²) in [5, 5.41) is 11.6.